The van der Waals surface area contributed by atoms with Crippen LogP contribution in [0.1, 0.15) is 12.8 Å². The van der Waals surface area contributed by atoms with Gasteiger partial charge < -0.3 is 4.74 Å². The van der Waals surface area contributed by atoms with Crippen molar-refractivity contribution in [2.45, 2.75) is 25.0 Å². The van der Waals surface area contributed by atoms with E-state index in [1.807, 2.05) is 0 Å². The number of carbonyl (C=O) groups is 2. The molecule has 0 aliphatic carbocycles. The zero-order chi connectivity index (χ0) is 12.9. The molecule has 2 unspecified atom stereocenters. The molecule has 18 heavy (non-hydrogen) atoms. The smallest absolute Gasteiger partial charge is 0.263 e. The third kappa shape index (κ3) is 1.66. The zero-order valence-corrected chi connectivity index (χ0v) is 11.4. The first-order valence-corrected chi connectivity index (χ1v) is 6.65. The Kier molecular flexibility index (Phi) is 2.86. The van der Waals surface area contributed by atoms with Gasteiger partial charge in [-0.15, -0.1) is 0 Å². The lowest BCUT2D eigenvalue weighted by Crippen LogP contribution is -2.52. The van der Waals surface area contributed by atoms with E-state index in [2.05, 4.69) is 0 Å². The average Bonchev–Trinajstić information content (AvgIpc) is 2.79. The normalized spacial score (nSPS) is 26.9. The van der Waals surface area contributed by atoms with Crippen LogP contribution in [0.15, 0.2) is 18.2 Å². The predicted octanol–water partition coefficient (Wildman–Crippen LogP) is 1.85. The lowest BCUT2D eigenvalue weighted by atomic mass is 10.2. The first kappa shape index (κ1) is 12.0. The Balaban J connectivity index is 2.08. The first-order valence-electron chi connectivity index (χ1n) is 5.57. The summed E-state index contributed by atoms with van der Waals surface area (Å²) in [6.07, 6.45) is -0.0199. The second-order valence-corrected chi connectivity index (χ2v) is 5.35. The summed E-state index contributed by atoms with van der Waals surface area (Å²) < 4.78 is 19.1. The van der Waals surface area contributed by atoms with E-state index in [9.17, 15) is 14.0 Å². The number of carbonyl (C=O) groups excluding carboxylic acids is 2. The number of fused-ring (bicyclic) bond motifs is 2. The van der Waals surface area contributed by atoms with Crippen molar-refractivity contribution in [2.24, 2.45) is 0 Å². The van der Waals surface area contributed by atoms with Crippen molar-refractivity contribution in [1.82, 2.24) is 0 Å². The van der Waals surface area contributed by atoms with Gasteiger partial charge in [0.05, 0.1) is 9.26 Å². The summed E-state index contributed by atoms with van der Waals surface area (Å²) >= 11 is 1.80. The Morgan fingerprint density at radius 1 is 1.22 bits per heavy atom. The minimum atomic E-state index is -0.563. The molecule has 3 rings (SSSR count). The molecule has 2 fully saturated rings. The third-order valence-corrected chi connectivity index (χ3v) is 4.25. The highest BCUT2D eigenvalue weighted by Gasteiger charge is 2.47. The number of benzene rings is 1. The van der Waals surface area contributed by atoms with Crippen molar-refractivity contribution in [1.29, 1.82) is 0 Å². The number of rotatable bonds is 1. The maximum absolute atomic E-state index is 13.5. The molecule has 2 aliphatic rings. The van der Waals surface area contributed by atoms with Crippen LogP contribution in [0.5, 0.6) is 0 Å². The molecule has 2 amide bonds. The predicted molar refractivity (Wildman–Crippen MR) is 69.5 cm³/mol. The van der Waals surface area contributed by atoms with Gasteiger partial charge in [0.25, 0.3) is 11.8 Å². The van der Waals surface area contributed by atoms with Crippen LogP contribution in [0.25, 0.3) is 0 Å². The molecule has 1 aromatic rings. The number of halogens is 2. The molecule has 94 valence electrons. The van der Waals surface area contributed by atoms with Crippen LogP contribution in [0, 0.1) is 9.39 Å². The van der Waals surface area contributed by atoms with Gasteiger partial charge in [-0.25, -0.2) is 9.29 Å². The van der Waals surface area contributed by atoms with Gasteiger partial charge in [-0.2, -0.15) is 0 Å². The number of hydrogen-bond donors (Lipinski definition) is 0. The number of nitrogens with zero attached hydrogens (tertiary/aromatic N) is 1. The highest BCUT2D eigenvalue weighted by atomic mass is 127. The van der Waals surface area contributed by atoms with Gasteiger partial charge in [0.2, 0.25) is 0 Å². The van der Waals surface area contributed by atoms with E-state index in [0.29, 0.717) is 18.5 Å². The number of anilines is 1. The molecule has 0 radical (unpaired) electrons. The molecular formula is C12H9FINO3. The zero-order valence-electron chi connectivity index (χ0n) is 9.23. The molecule has 2 aliphatic heterocycles. The molecule has 4 nitrogen and oxygen atoms in total. The summed E-state index contributed by atoms with van der Waals surface area (Å²) in [4.78, 5) is 25.3. The van der Waals surface area contributed by atoms with Crippen LogP contribution >= 0.6 is 22.6 Å². The molecule has 0 saturated carbocycles. The second kappa shape index (κ2) is 4.27. The maximum Gasteiger partial charge on any atom is 0.263 e. The Morgan fingerprint density at radius 3 is 2.44 bits per heavy atom. The molecule has 2 bridgehead atoms. The molecule has 6 heteroatoms. The van der Waals surface area contributed by atoms with E-state index >= 15 is 0 Å². The van der Waals surface area contributed by atoms with Gasteiger partial charge >= 0.3 is 0 Å². The van der Waals surface area contributed by atoms with Gasteiger partial charge in [0, 0.05) is 0 Å². The van der Waals surface area contributed by atoms with Gasteiger partial charge in [0.15, 0.2) is 0 Å². The summed E-state index contributed by atoms with van der Waals surface area (Å²) in [6, 6.07) is 4.37. The lowest BCUT2D eigenvalue weighted by molar-refractivity contribution is -0.146. The minimum absolute atomic E-state index is 0.276. The topological polar surface area (TPSA) is 46.6 Å². The van der Waals surface area contributed by atoms with E-state index in [-0.39, 0.29) is 3.57 Å². The van der Waals surface area contributed by atoms with Crippen LogP contribution in [-0.4, -0.2) is 24.0 Å². The molecule has 0 N–H and O–H groups in total. The van der Waals surface area contributed by atoms with Gasteiger partial charge in [-0.3, -0.25) is 9.59 Å². The van der Waals surface area contributed by atoms with Crippen molar-refractivity contribution in [3.8, 4) is 0 Å². The minimum Gasteiger partial charge on any atom is -0.355 e. The summed E-state index contributed by atoms with van der Waals surface area (Å²) in [6.45, 7) is 0. The third-order valence-electron chi connectivity index (χ3n) is 3.18. The Bertz CT molecular complexity index is 526. The largest absolute Gasteiger partial charge is 0.355 e. The number of imide groups is 1. The highest BCUT2D eigenvalue weighted by molar-refractivity contribution is 14.1. The summed E-state index contributed by atoms with van der Waals surface area (Å²) in [5.41, 5.74) is 0.311. The Hall–Kier alpha value is -1.02. The van der Waals surface area contributed by atoms with Crippen molar-refractivity contribution >= 4 is 40.1 Å². The fourth-order valence-electron chi connectivity index (χ4n) is 2.30. The standard InChI is InChI=1S/C12H9FINO3/c13-6-2-1-3-7(10(6)14)15-11(16)8-4-5-9(18-8)12(15)17/h1-3,8-9H,4-5H2. The number of morpholine rings is 1. The maximum atomic E-state index is 13.5. The van der Waals surface area contributed by atoms with E-state index in [1.54, 1.807) is 28.7 Å². The number of hydrogen-bond acceptors (Lipinski definition) is 3. The Morgan fingerprint density at radius 2 is 1.83 bits per heavy atom. The molecular weight excluding hydrogens is 352 g/mol. The van der Waals surface area contributed by atoms with Crippen molar-refractivity contribution in [3.05, 3.63) is 27.6 Å². The highest BCUT2D eigenvalue weighted by Crippen LogP contribution is 2.34. The van der Waals surface area contributed by atoms with E-state index in [4.69, 9.17) is 4.74 Å². The Labute approximate surface area is 116 Å². The quantitative estimate of drug-likeness (QED) is 0.567. The monoisotopic (exact) mass is 361 g/mol. The summed E-state index contributed by atoms with van der Waals surface area (Å²) in [5, 5.41) is 0. The summed E-state index contributed by atoms with van der Waals surface area (Å²) in [7, 11) is 0. The van der Waals surface area contributed by atoms with Crippen LogP contribution in [0.3, 0.4) is 0 Å². The van der Waals surface area contributed by atoms with Crippen molar-refractivity contribution < 1.29 is 18.7 Å². The van der Waals surface area contributed by atoms with Crippen molar-refractivity contribution in [3.63, 3.8) is 0 Å². The van der Waals surface area contributed by atoms with Crippen LogP contribution in [0.4, 0.5) is 10.1 Å². The molecule has 2 atom stereocenters. The molecule has 0 aromatic heterocycles. The molecule has 0 spiro atoms. The van der Waals surface area contributed by atoms with Crippen LogP contribution in [-0.2, 0) is 14.3 Å². The summed E-state index contributed by atoms with van der Waals surface area (Å²) in [5.74, 6) is -1.22. The number of amides is 2. The van der Waals surface area contributed by atoms with E-state index in [1.165, 1.54) is 12.1 Å². The van der Waals surface area contributed by atoms with Crippen molar-refractivity contribution in [2.75, 3.05) is 4.90 Å². The van der Waals surface area contributed by atoms with Gasteiger partial charge in [-0.05, 0) is 47.6 Å². The fourth-order valence-corrected chi connectivity index (χ4v) is 2.90. The molecule has 1 aromatic carbocycles. The first-order chi connectivity index (χ1) is 8.59. The van der Waals surface area contributed by atoms with Gasteiger partial charge in [-0.1, -0.05) is 6.07 Å². The van der Waals surface area contributed by atoms with E-state index < -0.39 is 29.8 Å². The molecule has 2 heterocycles. The second-order valence-electron chi connectivity index (χ2n) is 4.28. The molecule has 2 saturated heterocycles. The van der Waals surface area contributed by atoms with Crippen LogP contribution < -0.4 is 4.90 Å². The van der Waals surface area contributed by atoms with Crippen LogP contribution in [0.2, 0.25) is 0 Å². The lowest BCUT2D eigenvalue weighted by Gasteiger charge is -2.30. The SMILES string of the molecule is O=C1C2CCC(O2)C(=O)N1c1cccc(F)c1I. The average molecular weight is 361 g/mol. The number of ether oxygens (including phenoxy) is 1. The van der Waals surface area contributed by atoms with Gasteiger partial charge in [0.1, 0.15) is 18.0 Å². The fraction of sp³-hybridized carbons (Fsp3) is 0.333. The van der Waals surface area contributed by atoms with E-state index in [0.717, 1.165) is 4.90 Å².